The van der Waals surface area contributed by atoms with E-state index >= 15 is 0 Å². The number of hydrogen-bond donors (Lipinski definition) is 4. The molecule has 38 heavy (non-hydrogen) atoms. The smallest absolute Gasteiger partial charge is 0.0739 e. The van der Waals surface area contributed by atoms with Gasteiger partial charge in [-0.05, 0) is 25.7 Å². The zero-order valence-electron chi connectivity index (χ0n) is 26.1. The molecule has 8 N–H and O–H groups in total. The van der Waals surface area contributed by atoms with Crippen molar-refractivity contribution in [3.05, 3.63) is 10.8 Å². The summed E-state index contributed by atoms with van der Waals surface area (Å²) in [5.74, 6) is 0. The van der Waals surface area contributed by atoms with Crippen molar-refractivity contribution in [2.24, 2.45) is 0 Å². The van der Waals surface area contributed by atoms with E-state index in [1.165, 1.54) is 167 Å². The molecule has 0 aromatic heterocycles. The van der Waals surface area contributed by atoms with Gasteiger partial charge in [0.2, 0.25) is 0 Å². The van der Waals surface area contributed by atoms with Gasteiger partial charge in [-0.25, -0.2) is 0 Å². The van der Waals surface area contributed by atoms with E-state index in [-0.39, 0.29) is 0 Å². The van der Waals surface area contributed by atoms with E-state index < -0.39 is 0 Å². The Morgan fingerprint density at radius 1 is 0.368 bits per heavy atom. The number of rotatable bonds is 26. The van der Waals surface area contributed by atoms with Crippen molar-refractivity contribution in [3.63, 3.8) is 0 Å². The molecule has 0 aliphatic carbocycles. The molecule has 0 fully saturated rings. The zero-order valence-corrected chi connectivity index (χ0v) is 26.1. The van der Waals surface area contributed by atoms with Gasteiger partial charge in [-0.15, -0.1) is 0 Å². The Hall–Kier alpha value is -1.32. The largest absolute Gasteiger partial charge is 0.447 e. The minimum absolute atomic E-state index is 1.00. The van der Waals surface area contributed by atoms with E-state index in [4.69, 9.17) is 21.6 Å². The molecule has 0 saturated carbocycles. The first kappa shape index (κ1) is 43.7. The number of nitrogens with one attached hydrogen (secondary N) is 2. The van der Waals surface area contributed by atoms with Gasteiger partial charge in [-0.1, -0.05) is 155 Å². The van der Waals surface area contributed by atoms with Crippen LogP contribution in [0.5, 0.6) is 0 Å². The fourth-order valence-corrected chi connectivity index (χ4v) is 4.39. The van der Waals surface area contributed by atoms with E-state index in [1.807, 2.05) is 0 Å². The second-order valence-electron chi connectivity index (χ2n) is 10.4. The summed E-state index contributed by atoms with van der Waals surface area (Å²) in [5, 5.41) is 25.0. The lowest BCUT2D eigenvalue weighted by atomic mass is 10.0. The summed E-state index contributed by atoms with van der Waals surface area (Å²) in [6.45, 7) is 6.82. The monoisotopic (exact) mass is 539 g/mol. The minimum atomic E-state index is 1.00. The summed E-state index contributed by atoms with van der Waals surface area (Å²) in [6, 6.07) is 2.00. The fourth-order valence-electron chi connectivity index (χ4n) is 4.39. The molecule has 0 aromatic rings. The molecule has 0 atom stereocenters. The Balaban J connectivity index is -0.000000251. The summed E-state index contributed by atoms with van der Waals surface area (Å²) in [5.41, 5.74) is 7.75. The normalized spacial score (nSPS) is 9.58. The van der Waals surface area contributed by atoms with Crippen LogP contribution in [0.4, 0.5) is 0 Å². The molecule has 0 rings (SSSR count). The van der Waals surface area contributed by atoms with Gasteiger partial charge in [0.1, 0.15) is 0 Å². The van der Waals surface area contributed by atoms with Crippen LogP contribution in [0.25, 0.3) is 10.8 Å². The summed E-state index contributed by atoms with van der Waals surface area (Å²) in [4.78, 5) is 0. The van der Waals surface area contributed by atoms with Crippen molar-refractivity contribution >= 4 is 12.0 Å². The average Bonchev–Trinajstić information content (AvgIpc) is 2.91. The van der Waals surface area contributed by atoms with Crippen LogP contribution in [-0.4, -0.2) is 25.1 Å². The summed E-state index contributed by atoms with van der Waals surface area (Å²) in [6.07, 6.45) is 37.4. The van der Waals surface area contributed by atoms with Gasteiger partial charge in [-0.2, -0.15) is 12.0 Å². The molecule has 0 heterocycles. The van der Waals surface area contributed by atoms with E-state index in [1.54, 1.807) is 0 Å². The Kier molecular flexibility index (Phi) is 60.0. The first-order chi connectivity index (χ1) is 18.7. The molecule has 0 saturated heterocycles. The lowest BCUT2D eigenvalue weighted by molar-refractivity contribution is -0.368. The highest BCUT2D eigenvalue weighted by molar-refractivity contribution is 5.39. The Morgan fingerprint density at radius 3 is 0.632 bits per heavy atom. The molecule has 0 spiro atoms. The number of unbranched alkanes of at least 4 members (excludes halogenated alkanes) is 24. The van der Waals surface area contributed by atoms with Crippen molar-refractivity contribution in [1.82, 2.24) is 0 Å². The molecule has 0 amide bonds. The highest BCUT2D eigenvalue weighted by atomic mass is 14.5. The minimum Gasteiger partial charge on any atom is -0.447 e. The number of quaternary nitrogens is 2. The topological polar surface area (TPSA) is 148 Å². The zero-order chi connectivity index (χ0) is 29.2. The van der Waals surface area contributed by atoms with E-state index in [2.05, 4.69) is 25.3 Å². The van der Waals surface area contributed by atoms with Gasteiger partial charge in [0, 0.05) is 0 Å². The molecule has 0 aliphatic rings. The van der Waals surface area contributed by atoms with Crippen LogP contribution in [0.2, 0.25) is 0 Å². The van der Waals surface area contributed by atoms with Crippen LogP contribution in [-0.2, 0) is 0 Å². The van der Waals surface area contributed by atoms with Crippen LogP contribution in [0.1, 0.15) is 181 Å². The summed E-state index contributed by atoms with van der Waals surface area (Å²) < 4.78 is 0. The molecule has 6 nitrogen and oxygen atoms in total. The van der Waals surface area contributed by atoms with Crippen molar-refractivity contribution in [1.29, 1.82) is 10.8 Å². The van der Waals surface area contributed by atoms with Crippen LogP contribution in [0.3, 0.4) is 0 Å². The van der Waals surface area contributed by atoms with Crippen LogP contribution >= 0.6 is 0 Å². The molecule has 228 valence electrons. The molecular weight excluding hydrogens is 468 g/mol. The van der Waals surface area contributed by atoms with Gasteiger partial charge in [0.05, 0.1) is 13.1 Å². The quantitative estimate of drug-likeness (QED) is 0.0613. The molecule has 0 unspecified atom stereocenters. The molecule has 6 heteroatoms. The van der Waals surface area contributed by atoms with Gasteiger partial charge >= 0.3 is 0 Å². The average molecular weight is 539 g/mol. The third-order valence-electron chi connectivity index (χ3n) is 6.71. The number of hydrogen-bond acceptors (Lipinski definition) is 2. The first-order valence-corrected chi connectivity index (χ1v) is 16.4. The maximum absolute atomic E-state index is 6.99. The van der Waals surface area contributed by atoms with Crippen LogP contribution in [0.15, 0.2) is 0 Å². The SMILES string of the molecule is CCCCCCCCCCCCCCC[NH3+].CCCCCCCCCCCCCCC[NH3+].[N-]=C=N.[N-]=C=N. The van der Waals surface area contributed by atoms with Gasteiger partial charge in [0.15, 0.2) is 0 Å². The van der Waals surface area contributed by atoms with Crippen molar-refractivity contribution < 1.29 is 11.5 Å². The highest BCUT2D eigenvalue weighted by Crippen LogP contribution is 2.13. The lowest BCUT2D eigenvalue weighted by Gasteiger charge is -2.02. The predicted molar refractivity (Wildman–Crippen MR) is 169 cm³/mol. The van der Waals surface area contributed by atoms with E-state index in [9.17, 15) is 0 Å². The van der Waals surface area contributed by atoms with Gasteiger partial charge < -0.3 is 33.1 Å². The van der Waals surface area contributed by atoms with Crippen LogP contribution < -0.4 is 11.5 Å². The maximum Gasteiger partial charge on any atom is 0.0739 e. The molecular formula is C32H70N6. The lowest BCUT2D eigenvalue weighted by Crippen LogP contribution is -2.50. The highest BCUT2D eigenvalue weighted by Gasteiger charge is 1.94. The predicted octanol–water partition coefficient (Wildman–Crippen LogP) is 9.26. The standard InChI is InChI=1S/2C15H33N.2CHN2/c2*1-2-3-4-5-6-7-8-9-10-11-12-13-14-15-16;2*2-1-3/h2*2-16H2,1H3;2*2H/q;;2*-1/p+2. The maximum atomic E-state index is 6.99. The second kappa shape index (κ2) is 52.2. The van der Waals surface area contributed by atoms with Crippen LogP contribution in [0, 0.1) is 10.8 Å². The fraction of sp³-hybridized carbons (Fsp3) is 0.938. The van der Waals surface area contributed by atoms with Gasteiger partial charge in [0.25, 0.3) is 0 Å². The molecule has 0 aliphatic heterocycles. The second-order valence-corrected chi connectivity index (χ2v) is 10.4. The Morgan fingerprint density at radius 2 is 0.500 bits per heavy atom. The van der Waals surface area contributed by atoms with E-state index in [0.717, 1.165) is 25.1 Å². The van der Waals surface area contributed by atoms with Crippen molar-refractivity contribution in [2.45, 2.75) is 181 Å². The molecule has 0 aromatic carbocycles. The third-order valence-corrected chi connectivity index (χ3v) is 6.71. The third kappa shape index (κ3) is 64.6. The summed E-state index contributed by atoms with van der Waals surface area (Å²) >= 11 is 0. The number of nitrogens with zero attached hydrogens (tertiary/aromatic N) is 2. The first-order valence-electron chi connectivity index (χ1n) is 16.4. The molecule has 0 radical (unpaired) electrons. The van der Waals surface area contributed by atoms with Gasteiger partial charge in [-0.3, -0.25) is 0 Å². The molecule has 0 bridgehead atoms. The Labute approximate surface area is 238 Å². The Bertz CT molecular complexity index is 362. The van der Waals surface area contributed by atoms with E-state index in [0.29, 0.717) is 0 Å². The summed E-state index contributed by atoms with van der Waals surface area (Å²) in [7, 11) is 0. The van der Waals surface area contributed by atoms with Crippen molar-refractivity contribution in [3.8, 4) is 0 Å². The van der Waals surface area contributed by atoms with Crippen molar-refractivity contribution in [2.75, 3.05) is 13.1 Å².